The predicted molar refractivity (Wildman–Crippen MR) is 151 cm³/mol. The van der Waals surface area contributed by atoms with Crippen LogP contribution in [-0.2, 0) is 39.9 Å². The number of benzene rings is 1. The summed E-state index contributed by atoms with van der Waals surface area (Å²) in [5, 5.41) is 14.0. The fourth-order valence-electron chi connectivity index (χ4n) is 8.77. The largest absolute Gasteiger partial charge is 0.458 e. The van der Waals surface area contributed by atoms with Gasteiger partial charge in [0, 0.05) is 24.8 Å². The van der Waals surface area contributed by atoms with E-state index in [2.05, 4.69) is 29.6 Å². The number of esters is 1. The predicted octanol–water partition coefficient (Wildman–Crippen LogP) is 2.48. The van der Waals surface area contributed by atoms with Crippen molar-refractivity contribution < 1.29 is 38.5 Å². The topological polar surface area (TPSA) is 119 Å². The molecule has 1 amide bonds. The number of fused-ring (bicyclic) bond motifs is 5. The van der Waals surface area contributed by atoms with Crippen LogP contribution in [0, 0.1) is 23.2 Å². The molecule has 2 bridgehead atoms. The molecule has 43 heavy (non-hydrogen) atoms. The molecule has 1 aromatic carbocycles. The van der Waals surface area contributed by atoms with E-state index in [1.54, 1.807) is 5.06 Å². The number of amides is 1. The van der Waals surface area contributed by atoms with Gasteiger partial charge in [0.15, 0.2) is 11.8 Å². The third-order valence-corrected chi connectivity index (χ3v) is 11.2. The Labute approximate surface area is 250 Å². The number of epoxide rings is 1. The number of aliphatic hydroxyl groups excluding tert-OH is 1. The molecule has 9 rings (SSSR count). The molecule has 0 aromatic heterocycles. The molecule has 10 heteroatoms. The minimum Gasteiger partial charge on any atom is -0.458 e. The van der Waals surface area contributed by atoms with Gasteiger partial charge in [0.25, 0.3) is 0 Å². The summed E-state index contributed by atoms with van der Waals surface area (Å²) in [5.41, 5.74) is 0.888. The second kappa shape index (κ2) is 9.83. The standard InChI is InChI=1S/C33H40N2O8/c36-14-13-34-31(38)32-16-25-26-27(42-33(41-26,21-8-9-21)22-10-11-22)29(32)43-35(28(32)30(37)40-25)17-20-5-2-18(3-6-20)1-4-19-7-12-23-24(15-19)39-23/h1-6,19,21-29,36H,7-17H2,(H,34,38)/t19?,23?,24?,25-,26+,27+,28+,29-,32+/m1/s1. The van der Waals surface area contributed by atoms with Crippen LogP contribution in [0.4, 0.5) is 0 Å². The average Bonchev–Trinajstić information content (AvgIpc) is 3.90. The molecule has 3 unspecified atom stereocenters. The van der Waals surface area contributed by atoms with Crippen molar-refractivity contribution in [2.45, 2.75) is 106 Å². The summed E-state index contributed by atoms with van der Waals surface area (Å²) in [4.78, 5) is 34.3. The van der Waals surface area contributed by atoms with Crippen LogP contribution in [0.5, 0.6) is 0 Å². The summed E-state index contributed by atoms with van der Waals surface area (Å²) in [6.45, 7) is 0.227. The third-order valence-electron chi connectivity index (χ3n) is 11.2. The molecule has 230 valence electrons. The van der Waals surface area contributed by atoms with E-state index >= 15 is 0 Å². The normalized spacial score (nSPS) is 42.4. The van der Waals surface area contributed by atoms with E-state index in [1.807, 2.05) is 12.1 Å². The molecule has 4 saturated heterocycles. The Kier molecular flexibility index (Phi) is 6.17. The van der Waals surface area contributed by atoms with Gasteiger partial charge < -0.3 is 29.4 Å². The lowest BCUT2D eigenvalue weighted by Gasteiger charge is -2.48. The second-order valence-corrected chi connectivity index (χ2v) is 14.0. The first kappa shape index (κ1) is 27.0. The Morgan fingerprint density at radius 2 is 1.77 bits per heavy atom. The number of nitrogens with one attached hydrogen (secondary N) is 1. The van der Waals surface area contributed by atoms with Crippen LogP contribution in [0.2, 0.25) is 0 Å². The maximum absolute atomic E-state index is 14.0. The molecule has 4 aliphatic heterocycles. The van der Waals surface area contributed by atoms with Gasteiger partial charge in [0.05, 0.1) is 25.4 Å². The Morgan fingerprint density at radius 1 is 1.00 bits per heavy atom. The molecular weight excluding hydrogens is 552 g/mol. The van der Waals surface area contributed by atoms with Gasteiger partial charge in [-0.05, 0) is 62.0 Å². The summed E-state index contributed by atoms with van der Waals surface area (Å²) < 4.78 is 25.3. The first-order chi connectivity index (χ1) is 21.0. The number of ether oxygens (including phenoxy) is 4. The molecule has 10 nitrogen and oxygen atoms in total. The number of hydrogen-bond acceptors (Lipinski definition) is 9. The number of nitrogens with zero attached hydrogens (tertiary/aromatic N) is 1. The molecule has 0 spiro atoms. The zero-order valence-electron chi connectivity index (χ0n) is 24.3. The highest BCUT2D eigenvalue weighted by Gasteiger charge is 2.78. The summed E-state index contributed by atoms with van der Waals surface area (Å²) in [7, 11) is 0. The fourth-order valence-corrected chi connectivity index (χ4v) is 8.77. The number of aliphatic hydroxyl groups is 1. The number of carbonyl (C=O) groups excluding carboxylic acids is 2. The van der Waals surface area contributed by atoms with Crippen molar-refractivity contribution in [3.8, 4) is 0 Å². The molecule has 8 aliphatic rings. The zero-order chi connectivity index (χ0) is 28.9. The molecule has 8 fully saturated rings. The quantitative estimate of drug-likeness (QED) is 0.329. The molecule has 0 radical (unpaired) electrons. The molecular formula is C33H40N2O8. The van der Waals surface area contributed by atoms with Crippen molar-refractivity contribution >= 4 is 18.0 Å². The van der Waals surface area contributed by atoms with Gasteiger partial charge in [-0.2, -0.15) is 5.06 Å². The molecule has 1 aromatic rings. The minimum atomic E-state index is -1.20. The Morgan fingerprint density at radius 3 is 2.49 bits per heavy atom. The maximum atomic E-state index is 14.0. The van der Waals surface area contributed by atoms with Gasteiger partial charge in [0.1, 0.15) is 29.8 Å². The van der Waals surface area contributed by atoms with Crippen LogP contribution in [0.25, 0.3) is 6.08 Å². The molecule has 2 N–H and O–H groups in total. The lowest BCUT2D eigenvalue weighted by atomic mass is 9.62. The van der Waals surface area contributed by atoms with Crippen molar-refractivity contribution in [1.82, 2.24) is 10.4 Å². The van der Waals surface area contributed by atoms with Crippen molar-refractivity contribution in [1.29, 1.82) is 0 Å². The van der Waals surface area contributed by atoms with Gasteiger partial charge in [-0.25, -0.2) is 0 Å². The highest BCUT2D eigenvalue weighted by molar-refractivity contribution is 5.93. The van der Waals surface area contributed by atoms with E-state index in [-0.39, 0.29) is 19.1 Å². The van der Waals surface area contributed by atoms with E-state index < -0.39 is 47.6 Å². The number of rotatable bonds is 9. The Bertz CT molecular complexity index is 1310. The fraction of sp³-hybridized carbons (Fsp3) is 0.697. The summed E-state index contributed by atoms with van der Waals surface area (Å²) in [6, 6.07) is 7.33. The molecule has 4 heterocycles. The van der Waals surface area contributed by atoms with Gasteiger partial charge in [0.2, 0.25) is 5.91 Å². The van der Waals surface area contributed by atoms with Gasteiger partial charge in [-0.15, -0.1) is 0 Å². The van der Waals surface area contributed by atoms with Crippen molar-refractivity contribution in [2.75, 3.05) is 13.2 Å². The lowest BCUT2D eigenvalue weighted by molar-refractivity contribution is -0.235. The number of hydrogen-bond donors (Lipinski definition) is 2. The SMILES string of the molecule is O=C1O[C@@H]2C[C@@]3(C(=O)NCCO)[C@H](ON(Cc4ccc(C=CC5CCC6OC6C5)cc4)[C@@H]13)[C@H]1OC(C3CC3)(C3CC3)O[C@H]12. The van der Waals surface area contributed by atoms with Crippen molar-refractivity contribution in [2.24, 2.45) is 23.2 Å². The van der Waals surface area contributed by atoms with E-state index in [0.717, 1.165) is 49.7 Å². The van der Waals surface area contributed by atoms with Gasteiger partial charge in [-0.1, -0.05) is 36.4 Å². The summed E-state index contributed by atoms with van der Waals surface area (Å²) in [5.74, 6) is -0.226. The minimum absolute atomic E-state index is 0.101. The van der Waals surface area contributed by atoms with Crippen LogP contribution in [0.1, 0.15) is 62.5 Å². The first-order valence-corrected chi connectivity index (χ1v) is 16.3. The van der Waals surface area contributed by atoms with Gasteiger partial charge >= 0.3 is 5.97 Å². The Hall–Kier alpha value is -2.34. The van der Waals surface area contributed by atoms with E-state index in [4.69, 9.17) is 23.8 Å². The summed E-state index contributed by atoms with van der Waals surface area (Å²) in [6.07, 6.45) is 11.1. The second-order valence-electron chi connectivity index (χ2n) is 14.0. The monoisotopic (exact) mass is 592 g/mol. The van der Waals surface area contributed by atoms with Crippen LogP contribution >= 0.6 is 0 Å². The zero-order valence-corrected chi connectivity index (χ0v) is 24.3. The van der Waals surface area contributed by atoms with E-state index in [1.165, 1.54) is 6.42 Å². The highest BCUT2D eigenvalue weighted by Crippen LogP contribution is 2.63. The van der Waals surface area contributed by atoms with E-state index in [0.29, 0.717) is 42.9 Å². The lowest BCUT2D eigenvalue weighted by Crippen LogP contribution is -2.69. The van der Waals surface area contributed by atoms with Crippen LogP contribution in [-0.4, -0.2) is 83.7 Å². The average molecular weight is 593 g/mol. The van der Waals surface area contributed by atoms with Crippen LogP contribution in [0.3, 0.4) is 0 Å². The van der Waals surface area contributed by atoms with E-state index in [9.17, 15) is 14.7 Å². The molecule has 4 aliphatic carbocycles. The van der Waals surface area contributed by atoms with Crippen molar-refractivity contribution in [3.05, 3.63) is 41.5 Å². The maximum Gasteiger partial charge on any atom is 0.327 e. The smallest absolute Gasteiger partial charge is 0.327 e. The van der Waals surface area contributed by atoms with Crippen molar-refractivity contribution in [3.63, 3.8) is 0 Å². The Balaban J connectivity index is 0.986. The number of hydroxylamine groups is 2. The number of allylic oxidation sites excluding steroid dienone is 1. The first-order valence-electron chi connectivity index (χ1n) is 16.3. The third kappa shape index (κ3) is 4.28. The van der Waals surface area contributed by atoms with Gasteiger partial charge in [-0.3, -0.25) is 14.4 Å². The number of carbonyl (C=O) groups is 2. The van der Waals surface area contributed by atoms with Crippen LogP contribution < -0.4 is 5.32 Å². The highest BCUT2D eigenvalue weighted by atomic mass is 16.8. The summed E-state index contributed by atoms with van der Waals surface area (Å²) >= 11 is 0. The molecule has 9 atom stereocenters. The van der Waals surface area contributed by atoms with Crippen LogP contribution in [0.15, 0.2) is 30.3 Å². The molecule has 4 saturated carbocycles.